The first-order chi connectivity index (χ1) is 50.1. The van der Waals surface area contributed by atoms with Crippen molar-refractivity contribution in [1.29, 1.82) is 0 Å². The molecule has 3 aliphatic carbocycles. The summed E-state index contributed by atoms with van der Waals surface area (Å²) >= 11 is 5.06. The summed E-state index contributed by atoms with van der Waals surface area (Å²) in [5.74, 6) is -1.26. The Morgan fingerprint density at radius 2 is 0.657 bits per heavy atom. The van der Waals surface area contributed by atoms with Crippen LogP contribution in [-0.4, -0.2) is 192 Å². The topological polar surface area (TPSA) is 232 Å². The van der Waals surface area contributed by atoms with Crippen LogP contribution in [-0.2, 0) is 61.0 Å². The molecule has 3 saturated heterocycles. The SMILES string of the molecule is Cl.NCCCl.NCCN1CCC(N(C2CC2)S(=O)(=O)c2cccc(C(F)(F)F)c2)CC1.O=C(NCCN1CCC(N(C2CC2)S(=O)(=O)c2cccc(C(F)(F)F)c2)CC1)c1cc(C(F)(F)F)cc(C(F)(F)F)c1.O=C(NCCN1CCC(N(C2CC2)S(=O)(=O)c2cccc(C(F)(F)F)c2)CC1)c1ccc(F)cc1. The molecule has 2 amide bonds. The Labute approximate surface area is 627 Å². The number of rotatable bonds is 23. The number of nitrogens with one attached hydrogen (secondary N) is 2. The predicted octanol–water partition coefficient (Wildman–Crippen LogP) is 12.6. The van der Waals surface area contributed by atoms with E-state index in [1.165, 1.54) is 49.3 Å². The van der Waals surface area contributed by atoms with Crippen molar-refractivity contribution in [1.82, 2.24) is 38.2 Å². The number of nitrogens with two attached hydrogens (primary N) is 2. The minimum absolute atomic E-state index is 0. The van der Waals surface area contributed by atoms with Crippen molar-refractivity contribution in [2.45, 2.75) is 159 Å². The van der Waals surface area contributed by atoms with E-state index in [1.807, 2.05) is 4.90 Å². The average molecular weight is 1650 g/mol. The van der Waals surface area contributed by atoms with Crippen molar-refractivity contribution in [2.75, 3.05) is 91.0 Å². The lowest BCUT2D eigenvalue weighted by molar-refractivity contribution is -0.143. The van der Waals surface area contributed by atoms with Gasteiger partial charge in [0, 0.05) is 99.1 Å². The zero-order valence-corrected chi connectivity index (χ0v) is 62.0. The molecule has 0 spiro atoms. The van der Waals surface area contributed by atoms with Gasteiger partial charge in [-0.1, -0.05) is 18.2 Å². The van der Waals surface area contributed by atoms with E-state index in [4.69, 9.17) is 23.1 Å². The lowest BCUT2D eigenvalue weighted by Gasteiger charge is -2.38. The van der Waals surface area contributed by atoms with E-state index in [2.05, 4.69) is 20.4 Å². The first-order valence-corrected chi connectivity index (χ1v) is 39.3. The maximum absolute atomic E-state index is 13.4. The van der Waals surface area contributed by atoms with E-state index in [-0.39, 0.29) is 77.5 Å². The van der Waals surface area contributed by atoms with Gasteiger partial charge >= 0.3 is 30.9 Å². The lowest BCUT2D eigenvalue weighted by Crippen LogP contribution is -2.49. The first-order valence-electron chi connectivity index (χ1n) is 34.4. The standard InChI is InChI=1S/C26H26F9N3O3S.C24H27F4N3O3S.C17H24F3N3O2S.C2H6ClN.ClH/c27-24(28,29)17-2-1-3-22(15-17)42(40,41)38(20-4-5-20)21-6-9-37(10-7-21)11-8-36-23(39)16-12-18(25(30,31)32)14-19(13-16)26(33,34)35;25-19-6-4-17(5-7-19)23(32)29-12-15-30-13-10-21(11-14-30)31(20-8-9-20)35(33,34)22-3-1-2-18(16-22)24(26,27)28;18-17(19,20)13-2-1-3-16(12-13)26(24,25)23(14-4-5-14)15-6-9-22(10-7-15)11-8-21;3-1-2-4;/h1-3,12-15,20-21H,4-11H2,(H,36,39);1-7,16,20-21H,8-15H2,(H,29,32);1-3,12,14-15H,4-11,21H2;1-2,4H2;1H. The molecule has 5 aromatic rings. The van der Waals surface area contributed by atoms with Crippen LogP contribution in [0.25, 0.3) is 0 Å². The van der Waals surface area contributed by atoms with Crippen LogP contribution in [0.1, 0.15) is 126 Å². The van der Waals surface area contributed by atoms with Gasteiger partial charge in [-0.3, -0.25) is 9.59 Å². The highest BCUT2D eigenvalue weighted by Gasteiger charge is 2.48. The molecule has 3 saturated carbocycles. The van der Waals surface area contributed by atoms with E-state index in [1.54, 1.807) is 0 Å². The number of hydrogen-bond acceptors (Lipinski definition) is 13. The molecule has 39 heteroatoms. The quantitative estimate of drug-likeness (QED) is 0.0352. The molecular weight excluding hydrogens is 1570 g/mol. The highest BCUT2D eigenvalue weighted by molar-refractivity contribution is 7.89. The normalized spacial score (nSPS) is 18.1. The van der Waals surface area contributed by atoms with Gasteiger partial charge in [-0.05, 0) is 213 Å². The zero-order valence-electron chi connectivity index (χ0n) is 58.0. The van der Waals surface area contributed by atoms with Crippen molar-refractivity contribution >= 4 is 65.9 Å². The van der Waals surface area contributed by atoms with Crippen LogP contribution in [0, 0.1) is 5.82 Å². The number of carbonyl (C=O) groups excluding carboxylic acids is 2. The molecule has 602 valence electrons. The van der Waals surface area contributed by atoms with Crippen LogP contribution < -0.4 is 22.1 Å². The van der Waals surface area contributed by atoms with E-state index >= 15 is 0 Å². The molecule has 0 unspecified atom stereocenters. The molecule has 108 heavy (non-hydrogen) atoms. The van der Waals surface area contributed by atoms with E-state index in [0.717, 1.165) is 81.0 Å². The number of sulfonamides is 3. The summed E-state index contributed by atoms with van der Waals surface area (Å²) in [4.78, 5) is 29.6. The minimum atomic E-state index is -5.09. The average Bonchev–Trinajstić information content (AvgIpc) is 1.57. The molecule has 3 aliphatic heterocycles. The van der Waals surface area contributed by atoms with Gasteiger partial charge in [-0.15, -0.1) is 24.0 Å². The summed E-state index contributed by atoms with van der Waals surface area (Å²) in [5.41, 5.74) is 3.83. The van der Waals surface area contributed by atoms with E-state index in [9.17, 15) is 105 Å². The molecule has 0 bridgehead atoms. The fourth-order valence-corrected chi connectivity index (χ4v) is 18.8. The maximum atomic E-state index is 13.4. The molecule has 5 aromatic carbocycles. The Morgan fingerprint density at radius 3 is 0.917 bits per heavy atom. The zero-order chi connectivity index (χ0) is 78.7. The Bertz CT molecular complexity index is 4100. The van der Waals surface area contributed by atoms with Crippen LogP contribution in [0.2, 0.25) is 0 Å². The molecule has 6 aliphatic rings. The van der Waals surface area contributed by atoms with E-state index < -0.39 is 117 Å². The van der Waals surface area contributed by atoms with Gasteiger partial charge in [0.05, 0.1) is 42.5 Å². The molecule has 11 rings (SSSR count). The highest BCUT2D eigenvalue weighted by atomic mass is 35.5. The third-order valence-corrected chi connectivity index (χ3v) is 24.8. The minimum Gasteiger partial charge on any atom is -0.351 e. The predicted molar refractivity (Wildman–Crippen MR) is 372 cm³/mol. The fourth-order valence-electron chi connectivity index (χ4n) is 12.8. The monoisotopic (exact) mass is 1650 g/mol. The summed E-state index contributed by atoms with van der Waals surface area (Å²) in [7, 11) is -12.3. The number of amides is 2. The van der Waals surface area contributed by atoms with Crippen LogP contribution in [0.15, 0.2) is 130 Å². The fraction of sp³-hybridized carbons (Fsp3) is 0.536. The van der Waals surface area contributed by atoms with Gasteiger partial charge in [0.15, 0.2) is 0 Å². The number of carbonyl (C=O) groups is 2. The molecule has 0 radical (unpaired) electrons. The van der Waals surface area contributed by atoms with Crippen LogP contribution >= 0.6 is 24.0 Å². The number of halogens is 18. The number of benzene rings is 5. The third kappa shape index (κ3) is 24.8. The molecular formula is C69H84Cl2F16N10O8S3. The van der Waals surface area contributed by atoms with Gasteiger partial charge < -0.3 is 36.8 Å². The molecule has 0 aromatic heterocycles. The maximum Gasteiger partial charge on any atom is 0.416 e. The van der Waals surface area contributed by atoms with Gasteiger partial charge in [0.1, 0.15) is 5.82 Å². The lowest BCUT2D eigenvalue weighted by atomic mass is 10.0. The molecule has 6 N–H and O–H groups in total. The second kappa shape index (κ2) is 37.6. The molecule has 3 heterocycles. The summed E-state index contributed by atoms with van der Waals surface area (Å²) in [6, 6.07) is 15.9. The van der Waals surface area contributed by atoms with Crippen molar-refractivity contribution in [3.05, 3.63) is 160 Å². The Balaban J connectivity index is 0.000000224. The second-order valence-corrected chi connectivity index (χ2v) is 32.5. The molecule has 0 atom stereocenters. The van der Waals surface area contributed by atoms with Crippen molar-refractivity contribution in [3.8, 4) is 0 Å². The van der Waals surface area contributed by atoms with Crippen molar-refractivity contribution < 1.29 is 105 Å². The van der Waals surface area contributed by atoms with E-state index in [0.29, 0.717) is 152 Å². The molecule has 6 fully saturated rings. The number of hydrogen-bond donors (Lipinski definition) is 4. The smallest absolute Gasteiger partial charge is 0.351 e. The first kappa shape index (κ1) is 89.2. The van der Waals surface area contributed by atoms with Crippen LogP contribution in [0.5, 0.6) is 0 Å². The summed E-state index contributed by atoms with van der Waals surface area (Å²) in [6.45, 7) is 6.39. The second-order valence-electron chi connectivity index (χ2n) is 26.6. The van der Waals surface area contributed by atoms with Crippen molar-refractivity contribution in [3.63, 3.8) is 0 Å². The van der Waals surface area contributed by atoms with Gasteiger partial charge in [-0.25, -0.2) is 29.6 Å². The molecule has 18 nitrogen and oxygen atoms in total. The highest BCUT2D eigenvalue weighted by Crippen LogP contribution is 2.43. The number of nitrogens with zero attached hydrogens (tertiary/aromatic N) is 6. The van der Waals surface area contributed by atoms with Crippen LogP contribution in [0.4, 0.5) is 70.2 Å². The Morgan fingerprint density at radius 1 is 0.389 bits per heavy atom. The summed E-state index contributed by atoms with van der Waals surface area (Å²) in [5, 5.41) is 5.11. The Kier molecular flexibility index (Phi) is 31.0. The number of piperidine rings is 3. The Hall–Kier alpha value is -5.97. The van der Waals surface area contributed by atoms with Gasteiger partial charge in [0.25, 0.3) is 11.8 Å². The number of likely N-dealkylation sites (tertiary alicyclic amines) is 3. The van der Waals surface area contributed by atoms with Gasteiger partial charge in [-0.2, -0.15) is 78.8 Å². The third-order valence-electron chi connectivity index (χ3n) is 18.6. The van der Waals surface area contributed by atoms with Crippen molar-refractivity contribution in [2.24, 2.45) is 11.5 Å². The summed E-state index contributed by atoms with van der Waals surface area (Å²) < 4.78 is 293. The van der Waals surface area contributed by atoms with Gasteiger partial charge in [0.2, 0.25) is 30.1 Å². The summed E-state index contributed by atoms with van der Waals surface area (Å²) in [6.07, 6.45) is -16.8. The van der Waals surface area contributed by atoms with Crippen LogP contribution in [0.3, 0.4) is 0 Å². The number of alkyl halides is 16. The largest absolute Gasteiger partial charge is 0.416 e.